The van der Waals surface area contributed by atoms with Crippen molar-refractivity contribution in [2.24, 2.45) is 0 Å². The highest BCUT2D eigenvalue weighted by Gasteiger charge is 1.63. The van der Waals surface area contributed by atoms with Crippen LogP contribution >= 0.6 is 0 Å². The molecule has 0 aromatic carbocycles. The molecule has 0 spiro atoms. The fourth-order valence-corrected chi connectivity index (χ4v) is 1.76. The molecule has 0 heterocycles. The summed E-state index contributed by atoms with van der Waals surface area (Å²) in [6, 6.07) is 0. The fourth-order valence-electron chi connectivity index (χ4n) is 1.76. The van der Waals surface area contributed by atoms with Crippen molar-refractivity contribution in [1.29, 1.82) is 0 Å². The largest absolute Gasteiger partial charge is 0.106 e. The molecule has 0 rings (SSSR count). The van der Waals surface area contributed by atoms with Crippen LogP contribution in [0.5, 0.6) is 0 Å². The topological polar surface area (TPSA) is 0 Å². The van der Waals surface area contributed by atoms with Crippen LogP contribution in [0.1, 0.15) is 0 Å². The Morgan fingerprint density at radius 2 is 0.133 bits per heavy atom. The summed E-state index contributed by atoms with van der Waals surface area (Å²) in [6.07, 6.45) is 9.88. The van der Waals surface area contributed by atoms with Crippen molar-refractivity contribution < 1.29 is 0 Å². The SMILES string of the molecule is C#CC#CC#CC#CC#CC#CC#CC#CC#CC#CC#CC#CC#CC#CC#CC#CC#CC#CC#CC#CC#CC#CC#CC#CC#CC#CC#CC#CC#CC#C. The highest BCUT2D eigenvalue weighted by atomic mass is 13.6. The minimum absolute atomic E-state index is 2.12. The second kappa shape index (κ2) is 45.8. The van der Waals surface area contributed by atoms with E-state index in [2.05, 4.69) is 343 Å². The van der Waals surface area contributed by atoms with Crippen LogP contribution in [0, 0.1) is 356 Å². The summed E-state index contributed by atoms with van der Waals surface area (Å²) < 4.78 is 0. The summed E-state index contributed by atoms with van der Waals surface area (Å²) in [5.41, 5.74) is 0. The average Bonchev–Trinajstić information content (AvgIpc) is 3.26. The standard InChI is InChI=1S/C60H2/c1-3-5-7-9-11-13-15-17-19-21-23-25-27-29-31-33-35-37-39-41-43-45-47-49-51-53-55-57-59-60-58-56-54-52-50-48-46-44-42-40-38-36-34-32-30-28-26-24-22-20-18-16-14-12-10-8-6-4-2/h1-2H. The first-order chi connectivity index (χ1) is 29.9. The van der Waals surface area contributed by atoms with Crippen molar-refractivity contribution in [2.75, 3.05) is 0 Å². The zero-order valence-electron chi connectivity index (χ0n) is 30.2. The van der Waals surface area contributed by atoms with Gasteiger partial charge >= 0.3 is 0 Å². The molecule has 0 saturated carbocycles. The third kappa shape index (κ3) is 44.8. The molecular weight excluding hydrogens is 721 g/mol. The van der Waals surface area contributed by atoms with E-state index in [0.717, 1.165) is 0 Å². The Balaban J connectivity index is 4.59. The maximum absolute atomic E-state index is 4.94. The van der Waals surface area contributed by atoms with Gasteiger partial charge in [-0.3, -0.25) is 0 Å². The van der Waals surface area contributed by atoms with E-state index in [9.17, 15) is 0 Å². The summed E-state index contributed by atoms with van der Waals surface area (Å²) in [5, 5.41) is 0. The molecule has 0 fully saturated rings. The van der Waals surface area contributed by atoms with Gasteiger partial charge in [0.2, 0.25) is 0 Å². The lowest BCUT2D eigenvalue weighted by Gasteiger charge is -1.57. The predicted octanol–water partition coefficient (Wildman–Crippen LogP) is 0.348. The maximum Gasteiger partial charge on any atom is 0 e. The lowest BCUT2D eigenvalue weighted by molar-refractivity contribution is 2.31. The first kappa shape index (κ1) is 46.8. The summed E-state index contributed by atoms with van der Waals surface area (Å²) in [7, 11) is 0. The number of hydrogen-bond acceptors (Lipinski definition) is 0. The average molecular weight is 723 g/mol. The quantitative estimate of drug-likeness (QED) is 0.317. The van der Waals surface area contributed by atoms with E-state index in [4.69, 9.17) is 12.8 Å². The molecule has 0 N–H and O–H groups in total. The van der Waals surface area contributed by atoms with Crippen molar-refractivity contribution in [3.05, 3.63) is 0 Å². The highest BCUT2D eigenvalue weighted by molar-refractivity contribution is 5.52. The Morgan fingerprint density at radius 1 is 0.0833 bits per heavy atom. The Labute approximate surface area is 354 Å². The van der Waals surface area contributed by atoms with Gasteiger partial charge in [0.1, 0.15) is 0 Å². The summed E-state index contributed by atoms with van der Waals surface area (Å²) >= 11 is 0. The van der Waals surface area contributed by atoms with Crippen LogP contribution in [0.4, 0.5) is 0 Å². The normalized spacial score (nSPS) is 3.90. The van der Waals surface area contributed by atoms with E-state index in [1.807, 2.05) is 0 Å². The lowest BCUT2D eigenvalue weighted by Crippen LogP contribution is -1.57. The van der Waals surface area contributed by atoms with Gasteiger partial charge in [0.05, 0.1) is 0 Å². The summed E-state index contributed by atoms with van der Waals surface area (Å²) in [6.45, 7) is 0. The molecule has 0 amide bonds. The van der Waals surface area contributed by atoms with Crippen molar-refractivity contribution in [1.82, 2.24) is 0 Å². The molecule has 0 unspecified atom stereocenters. The minimum atomic E-state index is 2.12. The van der Waals surface area contributed by atoms with Gasteiger partial charge in [-0.15, -0.1) is 12.8 Å². The molecule has 0 atom stereocenters. The van der Waals surface area contributed by atoms with E-state index in [1.54, 1.807) is 0 Å². The molecule has 0 aliphatic carbocycles. The van der Waals surface area contributed by atoms with Gasteiger partial charge in [0.15, 0.2) is 0 Å². The van der Waals surface area contributed by atoms with Crippen LogP contribution in [0.2, 0.25) is 0 Å². The monoisotopic (exact) mass is 722 g/mol. The highest BCUT2D eigenvalue weighted by Crippen LogP contribution is 1.63. The van der Waals surface area contributed by atoms with Crippen molar-refractivity contribution in [2.45, 2.75) is 0 Å². The Hall–Kier alpha value is -13.2. The molecule has 0 saturated heterocycles. The first-order valence-electron chi connectivity index (χ1n) is 14.8. The van der Waals surface area contributed by atoms with E-state index < -0.39 is 0 Å². The Morgan fingerprint density at radius 3 is 0.183 bits per heavy atom. The van der Waals surface area contributed by atoms with Crippen LogP contribution < -0.4 is 0 Å². The van der Waals surface area contributed by atoms with Crippen molar-refractivity contribution >= 4 is 0 Å². The second-order valence-corrected chi connectivity index (χ2v) is 7.29. The van der Waals surface area contributed by atoms with Gasteiger partial charge in [-0.25, -0.2) is 0 Å². The van der Waals surface area contributed by atoms with Crippen LogP contribution in [-0.2, 0) is 0 Å². The van der Waals surface area contributed by atoms with Gasteiger partial charge in [0, 0.05) is 249 Å². The third-order valence-electron chi connectivity index (χ3n) is 3.58. The molecule has 0 bridgehead atoms. The van der Waals surface area contributed by atoms with Gasteiger partial charge in [-0.05, 0) is 94.7 Å². The molecule has 242 valence electrons. The maximum atomic E-state index is 4.94. The van der Waals surface area contributed by atoms with Gasteiger partial charge in [-0.2, -0.15) is 0 Å². The zero-order valence-corrected chi connectivity index (χ0v) is 30.2. The van der Waals surface area contributed by atoms with E-state index in [0.29, 0.717) is 0 Å². The van der Waals surface area contributed by atoms with Gasteiger partial charge in [-0.1, -0.05) is 0 Å². The summed E-state index contributed by atoms with van der Waals surface area (Å²) in [5.74, 6) is 143. The predicted molar refractivity (Wildman–Crippen MR) is 235 cm³/mol. The molecule has 0 radical (unpaired) electrons. The molecule has 0 aliphatic rings. The zero-order chi connectivity index (χ0) is 43.0. The minimum Gasteiger partial charge on any atom is -0.106 e. The number of hydrogen-bond donors (Lipinski definition) is 0. The van der Waals surface area contributed by atoms with Crippen LogP contribution in [0.25, 0.3) is 0 Å². The molecule has 0 aromatic heterocycles. The van der Waals surface area contributed by atoms with E-state index in [-0.39, 0.29) is 0 Å². The van der Waals surface area contributed by atoms with E-state index in [1.165, 1.54) is 0 Å². The van der Waals surface area contributed by atoms with Gasteiger partial charge < -0.3 is 0 Å². The molecule has 60 heavy (non-hydrogen) atoms. The summed E-state index contributed by atoms with van der Waals surface area (Å²) in [4.78, 5) is 0. The van der Waals surface area contributed by atoms with Crippen molar-refractivity contribution in [3.63, 3.8) is 0 Å². The Bertz CT molecular complexity index is 3570. The molecule has 0 heteroatoms. The smallest absolute Gasteiger partial charge is 0 e. The fraction of sp³-hybridized carbons (Fsp3) is 0. The number of terminal acetylenes is 2. The van der Waals surface area contributed by atoms with E-state index >= 15 is 0 Å². The van der Waals surface area contributed by atoms with Crippen LogP contribution in [-0.4, -0.2) is 0 Å². The molecule has 0 aliphatic heterocycles. The molecular formula is C60H2. The van der Waals surface area contributed by atoms with Crippen LogP contribution in [0.15, 0.2) is 0 Å². The van der Waals surface area contributed by atoms with Crippen molar-refractivity contribution in [3.8, 4) is 356 Å². The second-order valence-electron chi connectivity index (χ2n) is 7.29. The lowest BCUT2D eigenvalue weighted by atomic mass is 10.4. The number of rotatable bonds is 0. The van der Waals surface area contributed by atoms with Gasteiger partial charge in [0.25, 0.3) is 0 Å². The first-order valence-corrected chi connectivity index (χ1v) is 14.8. The Kier molecular flexibility index (Phi) is 35.7. The molecule has 0 aromatic rings. The third-order valence-corrected chi connectivity index (χ3v) is 3.58. The molecule has 0 nitrogen and oxygen atoms in total. The van der Waals surface area contributed by atoms with Crippen LogP contribution in [0.3, 0.4) is 0 Å².